The minimum Gasteiger partial charge on any atom is -0.369 e. The third-order valence-electron chi connectivity index (χ3n) is 2.73. The van der Waals surface area contributed by atoms with Crippen molar-refractivity contribution >= 4 is 11.7 Å². The number of primary amides is 1. The van der Waals surface area contributed by atoms with Gasteiger partial charge in [0.25, 0.3) is 0 Å². The van der Waals surface area contributed by atoms with Crippen LogP contribution < -0.4 is 5.73 Å². The van der Waals surface area contributed by atoms with Crippen LogP contribution in [0.15, 0.2) is 0 Å². The van der Waals surface area contributed by atoms with Gasteiger partial charge in [0.2, 0.25) is 5.91 Å². The summed E-state index contributed by atoms with van der Waals surface area (Å²) in [6.07, 6.45) is 1.78. The number of hydrogen-bond acceptors (Lipinski definition) is 2. The summed E-state index contributed by atoms with van der Waals surface area (Å²) < 4.78 is 0. The molecule has 0 bridgehead atoms. The van der Waals surface area contributed by atoms with Gasteiger partial charge in [0.15, 0.2) is 0 Å². The van der Waals surface area contributed by atoms with Crippen molar-refractivity contribution < 1.29 is 9.59 Å². The van der Waals surface area contributed by atoms with Gasteiger partial charge >= 0.3 is 0 Å². The topological polar surface area (TPSA) is 60.2 Å². The minimum atomic E-state index is -0.426. The number of carbonyl (C=O) groups is 2. The average Bonchev–Trinajstić information content (AvgIpc) is 2.12. The Hall–Kier alpha value is -0.860. The lowest BCUT2D eigenvalue weighted by atomic mass is 9.77. The largest absolute Gasteiger partial charge is 0.369 e. The molecule has 0 radical (unpaired) electrons. The number of Topliss-reactive ketones (excluding diaryl/α,β-unsaturated/α-hetero) is 1. The fraction of sp³-hybridized carbons (Fsp3) is 0.818. The number of amides is 1. The van der Waals surface area contributed by atoms with Gasteiger partial charge in [-0.1, -0.05) is 27.7 Å². The zero-order valence-corrected chi connectivity index (χ0v) is 9.59. The predicted molar refractivity (Wildman–Crippen MR) is 56.7 cm³/mol. The Kier molecular flexibility index (Phi) is 4.81. The summed E-state index contributed by atoms with van der Waals surface area (Å²) in [5, 5.41) is 0. The van der Waals surface area contributed by atoms with E-state index >= 15 is 0 Å². The third kappa shape index (κ3) is 3.48. The molecule has 14 heavy (non-hydrogen) atoms. The second-order valence-electron chi connectivity index (χ2n) is 4.37. The quantitative estimate of drug-likeness (QED) is 0.710. The number of ketones is 1. The molecule has 0 fully saturated rings. The third-order valence-corrected chi connectivity index (χ3v) is 2.73. The van der Waals surface area contributed by atoms with Gasteiger partial charge in [-0.3, -0.25) is 9.59 Å². The second kappa shape index (κ2) is 5.13. The molecule has 0 heterocycles. The number of carbonyl (C=O) groups excluding carboxylic acids is 2. The first-order chi connectivity index (χ1) is 6.35. The molecule has 0 aliphatic rings. The van der Waals surface area contributed by atoms with Crippen LogP contribution in [0, 0.1) is 11.3 Å². The number of rotatable bonds is 6. The van der Waals surface area contributed by atoms with Crippen molar-refractivity contribution in [3.8, 4) is 0 Å². The number of hydrogen-bond donors (Lipinski definition) is 1. The van der Waals surface area contributed by atoms with Gasteiger partial charge in [0.1, 0.15) is 5.78 Å². The molecule has 0 spiro atoms. The van der Waals surface area contributed by atoms with Crippen LogP contribution in [-0.4, -0.2) is 11.7 Å². The molecule has 1 atom stereocenters. The first-order valence-corrected chi connectivity index (χ1v) is 5.17. The molecule has 0 aliphatic carbocycles. The van der Waals surface area contributed by atoms with Crippen LogP contribution in [0.4, 0.5) is 0 Å². The lowest BCUT2D eigenvalue weighted by molar-refractivity contribution is -0.129. The fourth-order valence-corrected chi connectivity index (χ4v) is 1.65. The van der Waals surface area contributed by atoms with Gasteiger partial charge in [0, 0.05) is 17.8 Å². The highest BCUT2D eigenvalue weighted by Gasteiger charge is 2.30. The lowest BCUT2D eigenvalue weighted by Crippen LogP contribution is -2.32. The number of nitrogens with two attached hydrogens (primary N) is 1. The van der Waals surface area contributed by atoms with Crippen molar-refractivity contribution in [3.63, 3.8) is 0 Å². The van der Waals surface area contributed by atoms with Crippen molar-refractivity contribution in [2.45, 2.75) is 47.0 Å². The van der Waals surface area contributed by atoms with E-state index in [4.69, 9.17) is 5.73 Å². The Labute approximate surface area is 86.1 Å². The van der Waals surface area contributed by atoms with Crippen LogP contribution in [0.2, 0.25) is 0 Å². The molecule has 0 aromatic carbocycles. The predicted octanol–water partition coefficient (Wildman–Crippen LogP) is 1.89. The van der Waals surface area contributed by atoms with E-state index in [1.807, 2.05) is 27.7 Å². The molecule has 0 saturated carbocycles. The van der Waals surface area contributed by atoms with E-state index < -0.39 is 5.41 Å². The van der Waals surface area contributed by atoms with E-state index in [2.05, 4.69) is 0 Å². The van der Waals surface area contributed by atoms with Crippen molar-refractivity contribution in [2.24, 2.45) is 17.1 Å². The summed E-state index contributed by atoms with van der Waals surface area (Å²) >= 11 is 0. The Balaban J connectivity index is 4.47. The summed E-state index contributed by atoms with van der Waals surface area (Å²) in [6, 6.07) is 0. The first-order valence-electron chi connectivity index (χ1n) is 5.17. The summed E-state index contributed by atoms with van der Waals surface area (Å²) in [5.74, 6) is -0.290. The normalized spacial score (nSPS) is 13.7. The molecule has 0 aliphatic heterocycles. The first kappa shape index (κ1) is 13.1. The molecule has 0 aromatic rings. The van der Waals surface area contributed by atoms with E-state index in [0.717, 1.165) is 0 Å². The maximum Gasteiger partial charge on any atom is 0.220 e. The molecule has 1 amide bonds. The standard InChI is InChI=1S/C11H21NO2/c1-5-8(10(12)14)7-11(3,4)9(13)6-2/h8H,5-7H2,1-4H3,(H2,12,14). The monoisotopic (exact) mass is 199 g/mol. The van der Waals surface area contributed by atoms with Crippen molar-refractivity contribution in [3.05, 3.63) is 0 Å². The molecule has 0 aromatic heterocycles. The SMILES string of the molecule is CCC(=O)C(C)(C)CC(CC)C(N)=O. The molecule has 1 unspecified atom stereocenters. The van der Waals surface area contributed by atoms with Crippen LogP contribution in [-0.2, 0) is 9.59 Å². The van der Waals surface area contributed by atoms with E-state index in [1.165, 1.54) is 0 Å². The summed E-state index contributed by atoms with van der Waals surface area (Å²) in [4.78, 5) is 22.6. The van der Waals surface area contributed by atoms with Gasteiger partial charge in [-0.25, -0.2) is 0 Å². The molecule has 3 heteroatoms. The van der Waals surface area contributed by atoms with E-state index in [1.54, 1.807) is 0 Å². The molecule has 0 saturated heterocycles. The minimum absolute atomic E-state index is 0.180. The van der Waals surface area contributed by atoms with Crippen molar-refractivity contribution in [1.82, 2.24) is 0 Å². The zero-order valence-electron chi connectivity index (χ0n) is 9.59. The Morgan fingerprint density at radius 1 is 1.29 bits per heavy atom. The summed E-state index contributed by atoms with van der Waals surface area (Å²) in [7, 11) is 0. The maximum absolute atomic E-state index is 11.6. The van der Waals surface area contributed by atoms with Crippen LogP contribution in [0.1, 0.15) is 47.0 Å². The molecule has 2 N–H and O–H groups in total. The van der Waals surface area contributed by atoms with Gasteiger partial charge in [-0.15, -0.1) is 0 Å². The highest BCUT2D eigenvalue weighted by atomic mass is 16.1. The summed E-state index contributed by atoms with van der Waals surface area (Å²) in [5.41, 5.74) is 4.82. The lowest BCUT2D eigenvalue weighted by Gasteiger charge is -2.26. The Bertz CT molecular complexity index is 221. The average molecular weight is 199 g/mol. The van der Waals surface area contributed by atoms with Gasteiger partial charge in [0.05, 0.1) is 0 Å². The molecule has 0 rings (SSSR count). The fourth-order valence-electron chi connectivity index (χ4n) is 1.65. The second-order valence-corrected chi connectivity index (χ2v) is 4.37. The van der Waals surface area contributed by atoms with E-state index in [-0.39, 0.29) is 17.6 Å². The van der Waals surface area contributed by atoms with Gasteiger partial charge < -0.3 is 5.73 Å². The van der Waals surface area contributed by atoms with Gasteiger partial charge in [-0.2, -0.15) is 0 Å². The molecular formula is C11H21NO2. The Morgan fingerprint density at radius 2 is 1.79 bits per heavy atom. The van der Waals surface area contributed by atoms with E-state index in [9.17, 15) is 9.59 Å². The smallest absolute Gasteiger partial charge is 0.220 e. The van der Waals surface area contributed by atoms with E-state index in [0.29, 0.717) is 19.3 Å². The molecule has 3 nitrogen and oxygen atoms in total. The molecule has 82 valence electrons. The van der Waals surface area contributed by atoms with Crippen LogP contribution in [0.25, 0.3) is 0 Å². The maximum atomic E-state index is 11.6. The molecular weight excluding hydrogens is 178 g/mol. The highest BCUT2D eigenvalue weighted by Crippen LogP contribution is 2.29. The van der Waals surface area contributed by atoms with Crippen LogP contribution >= 0.6 is 0 Å². The zero-order chi connectivity index (χ0) is 11.4. The summed E-state index contributed by atoms with van der Waals surface area (Å²) in [6.45, 7) is 7.52. The highest BCUT2D eigenvalue weighted by molar-refractivity contribution is 5.85. The van der Waals surface area contributed by atoms with Crippen LogP contribution in [0.5, 0.6) is 0 Å². The van der Waals surface area contributed by atoms with Gasteiger partial charge in [-0.05, 0) is 12.8 Å². The Morgan fingerprint density at radius 3 is 2.07 bits per heavy atom. The van der Waals surface area contributed by atoms with Crippen molar-refractivity contribution in [2.75, 3.05) is 0 Å². The van der Waals surface area contributed by atoms with Crippen molar-refractivity contribution in [1.29, 1.82) is 0 Å². The van der Waals surface area contributed by atoms with Crippen LogP contribution in [0.3, 0.4) is 0 Å².